The van der Waals surface area contributed by atoms with Gasteiger partial charge in [-0.1, -0.05) is 53.1 Å². The van der Waals surface area contributed by atoms with Crippen LogP contribution in [0.25, 0.3) is 0 Å². The standard InChI is InChI=1S/C9H14Cl3N5OS/c1-4-5-15-16-7(19-5)13-6(9(10,11)12)14-8(18)17(2)3/h6H,4H2,1-3H3,(H,13,16)(H,14,18)/t6-/m0/s1. The summed E-state index contributed by atoms with van der Waals surface area (Å²) in [6, 6.07) is -0.385. The first-order valence-corrected chi connectivity index (χ1v) is 7.32. The van der Waals surface area contributed by atoms with Crippen molar-refractivity contribution in [2.75, 3.05) is 19.4 Å². The van der Waals surface area contributed by atoms with Crippen molar-refractivity contribution in [2.24, 2.45) is 0 Å². The van der Waals surface area contributed by atoms with Gasteiger partial charge in [-0.2, -0.15) is 0 Å². The molecule has 6 nitrogen and oxygen atoms in total. The lowest BCUT2D eigenvalue weighted by Gasteiger charge is -2.27. The molecule has 0 aliphatic carbocycles. The SMILES string of the molecule is CCc1nnc(N[C@@H](NC(=O)N(C)C)C(Cl)(Cl)Cl)s1. The highest BCUT2D eigenvalue weighted by molar-refractivity contribution is 7.15. The molecule has 2 N–H and O–H groups in total. The molecule has 0 spiro atoms. The Balaban J connectivity index is 2.78. The molecule has 108 valence electrons. The summed E-state index contributed by atoms with van der Waals surface area (Å²) < 4.78 is -1.72. The second-order valence-corrected chi connectivity index (χ2v) is 7.25. The van der Waals surface area contributed by atoms with Gasteiger partial charge in [0.2, 0.25) is 8.92 Å². The van der Waals surface area contributed by atoms with Crippen molar-refractivity contribution in [1.29, 1.82) is 0 Å². The van der Waals surface area contributed by atoms with Gasteiger partial charge in [-0.15, -0.1) is 10.2 Å². The Bertz CT molecular complexity index is 434. The molecule has 1 aromatic rings. The number of nitrogens with one attached hydrogen (secondary N) is 2. The van der Waals surface area contributed by atoms with E-state index in [4.69, 9.17) is 34.8 Å². The van der Waals surface area contributed by atoms with Gasteiger partial charge in [-0.05, 0) is 6.42 Å². The Morgan fingerprint density at radius 3 is 2.47 bits per heavy atom. The molecule has 1 atom stereocenters. The number of alkyl halides is 3. The van der Waals surface area contributed by atoms with Crippen LogP contribution in [0.3, 0.4) is 0 Å². The highest BCUT2D eigenvalue weighted by atomic mass is 35.6. The first kappa shape index (κ1) is 16.6. The van der Waals surface area contributed by atoms with E-state index in [9.17, 15) is 4.79 Å². The smallest absolute Gasteiger partial charge is 0.318 e. The van der Waals surface area contributed by atoms with Crippen molar-refractivity contribution >= 4 is 57.3 Å². The predicted octanol–water partition coefficient (Wildman–Crippen LogP) is 2.48. The average Bonchev–Trinajstić information content (AvgIpc) is 2.74. The maximum absolute atomic E-state index is 11.6. The van der Waals surface area contributed by atoms with Gasteiger partial charge in [-0.25, -0.2) is 4.79 Å². The number of nitrogens with zero attached hydrogens (tertiary/aromatic N) is 3. The van der Waals surface area contributed by atoms with Crippen molar-refractivity contribution in [1.82, 2.24) is 20.4 Å². The Morgan fingerprint density at radius 2 is 2.05 bits per heavy atom. The predicted molar refractivity (Wildman–Crippen MR) is 79.2 cm³/mol. The number of urea groups is 1. The first-order valence-electron chi connectivity index (χ1n) is 5.37. The van der Waals surface area contributed by atoms with Crippen LogP contribution in [0.4, 0.5) is 9.93 Å². The van der Waals surface area contributed by atoms with Crippen LogP contribution in [0.1, 0.15) is 11.9 Å². The van der Waals surface area contributed by atoms with E-state index < -0.39 is 9.96 Å². The number of rotatable bonds is 4. The fraction of sp³-hybridized carbons (Fsp3) is 0.667. The third-order valence-corrected chi connectivity index (χ3v) is 3.69. The van der Waals surface area contributed by atoms with Crippen molar-refractivity contribution in [2.45, 2.75) is 23.3 Å². The summed E-state index contributed by atoms with van der Waals surface area (Å²) in [5.74, 6) is 0. The Morgan fingerprint density at radius 1 is 1.42 bits per heavy atom. The van der Waals surface area contributed by atoms with Crippen molar-refractivity contribution in [3.63, 3.8) is 0 Å². The van der Waals surface area contributed by atoms with Crippen LogP contribution in [0.2, 0.25) is 0 Å². The summed E-state index contributed by atoms with van der Waals surface area (Å²) in [4.78, 5) is 13.0. The molecule has 1 rings (SSSR count). The number of aryl methyl sites for hydroxylation is 1. The third-order valence-electron chi connectivity index (χ3n) is 2.04. The van der Waals surface area contributed by atoms with Gasteiger partial charge in [0.25, 0.3) is 0 Å². The average molecular weight is 347 g/mol. The molecule has 0 fully saturated rings. The number of amides is 2. The van der Waals surface area contributed by atoms with Crippen molar-refractivity contribution < 1.29 is 4.79 Å². The zero-order valence-corrected chi connectivity index (χ0v) is 13.7. The largest absolute Gasteiger partial charge is 0.336 e. The van der Waals surface area contributed by atoms with Gasteiger partial charge in [0, 0.05) is 14.1 Å². The van der Waals surface area contributed by atoms with Gasteiger partial charge in [0.05, 0.1) is 0 Å². The zero-order chi connectivity index (χ0) is 14.6. The molecule has 0 aromatic carbocycles. The molecule has 0 aliphatic rings. The molecule has 2 amide bonds. The van der Waals surface area contributed by atoms with Gasteiger partial charge >= 0.3 is 6.03 Å². The van der Waals surface area contributed by atoms with Crippen molar-refractivity contribution in [3.8, 4) is 0 Å². The fourth-order valence-corrected chi connectivity index (χ4v) is 2.07. The second-order valence-electron chi connectivity index (χ2n) is 3.82. The van der Waals surface area contributed by atoms with Crippen LogP contribution >= 0.6 is 46.1 Å². The summed E-state index contributed by atoms with van der Waals surface area (Å²) in [5, 5.41) is 14.6. The maximum Gasteiger partial charge on any atom is 0.318 e. The van der Waals surface area contributed by atoms with Gasteiger partial charge < -0.3 is 15.5 Å². The number of anilines is 1. The number of hydrogen-bond acceptors (Lipinski definition) is 5. The highest BCUT2D eigenvalue weighted by Crippen LogP contribution is 2.31. The molecular weight excluding hydrogens is 333 g/mol. The number of aromatic nitrogens is 2. The summed E-state index contributed by atoms with van der Waals surface area (Å²) in [6.07, 6.45) is -0.146. The zero-order valence-electron chi connectivity index (χ0n) is 10.6. The van der Waals surface area contributed by atoms with E-state index in [2.05, 4.69) is 20.8 Å². The Kier molecular flexibility index (Phi) is 5.91. The molecule has 1 aromatic heterocycles. The highest BCUT2D eigenvalue weighted by Gasteiger charge is 2.35. The lowest BCUT2D eigenvalue weighted by molar-refractivity contribution is 0.214. The monoisotopic (exact) mass is 345 g/mol. The van der Waals surface area contributed by atoms with E-state index in [-0.39, 0.29) is 6.03 Å². The minimum Gasteiger partial charge on any atom is -0.336 e. The summed E-state index contributed by atoms with van der Waals surface area (Å²) in [7, 11) is 3.18. The van der Waals surface area contributed by atoms with E-state index in [0.717, 1.165) is 11.4 Å². The summed E-state index contributed by atoms with van der Waals surface area (Å²) >= 11 is 18.8. The Labute approximate surface area is 130 Å². The van der Waals surface area contributed by atoms with Crippen molar-refractivity contribution in [3.05, 3.63) is 5.01 Å². The van der Waals surface area contributed by atoms with Gasteiger partial charge in [0.1, 0.15) is 5.01 Å². The van der Waals surface area contributed by atoms with E-state index in [1.54, 1.807) is 14.1 Å². The van der Waals surface area contributed by atoms with Crippen LogP contribution in [-0.2, 0) is 6.42 Å². The van der Waals surface area contributed by atoms with Crippen LogP contribution in [0.15, 0.2) is 0 Å². The lowest BCUT2D eigenvalue weighted by atomic mass is 10.5. The number of carbonyl (C=O) groups excluding carboxylic acids is 1. The van der Waals surface area contributed by atoms with Crippen LogP contribution in [-0.4, -0.2) is 45.2 Å². The quantitative estimate of drug-likeness (QED) is 0.649. The molecule has 0 bridgehead atoms. The van der Waals surface area contributed by atoms with E-state index in [1.807, 2.05) is 6.92 Å². The van der Waals surface area contributed by atoms with E-state index in [0.29, 0.717) is 5.13 Å². The van der Waals surface area contributed by atoms with Crippen LogP contribution in [0, 0.1) is 0 Å². The molecule has 0 saturated heterocycles. The number of halogens is 3. The normalized spacial score (nSPS) is 12.9. The summed E-state index contributed by atoms with van der Waals surface area (Å²) in [6.45, 7) is 1.96. The third kappa shape index (κ3) is 5.18. The number of hydrogen-bond donors (Lipinski definition) is 2. The van der Waals surface area contributed by atoms with E-state index >= 15 is 0 Å². The molecule has 0 saturated carbocycles. The molecule has 0 unspecified atom stereocenters. The molecule has 10 heteroatoms. The topological polar surface area (TPSA) is 70.1 Å². The second kappa shape index (κ2) is 6.78. The van der Waals surface area contributed by atoms with E-state index in [1.165, 1.54) is 16.2 Å². The molecule has 0 radical (unpaired) electrons. The van der Waals surface area contributed by atoms with Crippen LogP contribution in [0.5, 0.6) is 0 Å². The molecule has 19 heavy (non-hydrogen) atoms. The lowest BCUT2D eigenvalue weighted by Crippen LogP contribution is -2.52. The molecular formula is C9H14Cl3N5OS. The number of carbonyl (C=O) groups is 1. The Hall–Kier alpha value is -0.500. The van der Waals surface area contributed by atoms with Gasteiger partial charge in [0.15, 0.2) is 6.17 Å². The minimum atomic E-state index is -1.72. The molecule has 0 aliphatic heterocycles. The van der Waals surface area contributed by atoms with Gasteiger partial charge in [-0.3, -0.25) is 0 Å². The summed E-state index contributed by atoms with van der Waals surface area (Å²) in [5.41, 5.74) is 0. The van der Waals surface area contributed by atoms with Crippen LogP contribution < -0.4 is 10.6 Å². The maximum atomic E-state index is 11.6. The minimum absolute atomic E-state index is 0.385. The molecule has 1 heterocycles. The fourth-order valence-electron chi connectivity index (χ4n) is 1.03. The first-order chi connectivity index (χ1) is 8.74.